The quantitative estimate of drug-likeness (QED) is 0.885. The van der Waals surface area contributed by atoms with Crippen LogP contribution in [0.25, 0.3) is 11.0 Å². The van der Waals surface area contributed by atoms with Crippen LogP contribution in [0.5, 0.6) is 0 Å². The summed E-state index contributed by atoms with van der Waals surface area (Å²) in [6.07, 6.45) is 0. The van der Waals surface area contributed by atoms with Crippen molar-refractivity contribution >= 4 is 17.0 Å². The molecule has 0 amide bonds. The van der Waals surface area contributed by atoms with Crippen molar-refractivity contribution < 1.29 is 4.74 Å². The highest BCUT2D eigenvalue weighted by Gasteiger charge is 2.25. The van der Waals surface area contributed by atoms with Crippen LogP contribution in [0.4, 0.5) is 5.95 Å². The van der Waals surface area contributed by atoms with Gasteiger partial charge in [0, 0.05) is 7.11 Å². The van der Waals surface area contributed by atoms with Gasteiger partial charge in [0.2, 0.25) is 5.95 Å². The number of hydrogen-bond donors (Lipinski definition) is 1. The van der Waals surface area contributed by atoms with Crippen molar-refractivity contribution in [3.63, 3.8) is 0 Å². The van der Waals surface area contributed by atoms with Gasteiger partial charge in [0.25, 0.3) is 0 Å². The van der Waals surface area contributed by atoms with E-state index in [0.29, 0.717) is 12.6 Å². The highest BCUT2D eigenvalue weighted by Crippen LogP contribution is 2.27. The summed E-state index contributed by atoms with van der Waals surface area (Å²) in [4.78, 5) is 4.41. The zero-order chi connectivity index (χ0) is 12.6. The minimum absolute atomic E-state index is 0.206. The molecule has 1 aromatic carbocycles. The number of nitrogens with zero attached hydrogens (tertiary/aromatic N) is 2. The van der Waals surface area contributed by atoms with Crippen LogP contribution in [-0.2, 0) is 10.3 Å². The van der Waals surface area contributed by atoms with Crippen molar-refractivity contribution in [3.8, 4) is 0 Å². The molecule has 0 saturated heterocycles. The third kappa shape index (κ3) is 2.00. The van der Waals surface area contributed by atoms with Crippen molar-refractivity contribution in [2.45, 2.75) is 26.3 Å². The average Bonchev–Trinajstić information content (AvgIpc) is 2.53. The fourth-order valence-corrected chi connectivity index (χ4v) is 2.26. The van der Waals surface area contributed by atoms with Gasteiger partial charge in [0.1, 0.15) is 0 Å². The van der Waals surface area contributed by atoms with Gasteiger partial charge in [-0.25, -0.2) is 4.98 Å². The summed E-state index contributed by atoms with van der Waals surface area (Å²) in [6, 6.07) is 6.18. The first-order valence-electron chi connectivity index (χ1n) is 5.70. The van der Waals surface area contributed by atoms with E-state index >= 15 is 0 Å². The van der Waals surface area contributed by atoms with E-state index in [4.69, 9.17) is 10.5 Å². The number of aromatic nitrogens is 2. The molecule has 0 unspecified atom stereocenters. The molecule has 2 N–H and O–H groups in total. The normalized spacial score (nSPS) is 12.2. The van der Waals surface area contributed by atoms with Gasteiger partial charge in [-0.3, -0.25) is 0 Å². The number of anilines is 1. The lowest BCUT2D eigenvalue weighted by Gasteiger charge is -2.27. The molecule has 0 aliphatic carbocycles. The Bertz CT molecular complexity index is 543. The van der Waals surface area contributed by atoms with Crippen LogP contribution in [0.15, 0.2) is 18.2 Å². The number of nitrogen functional groups attached to an aromatic ring is 1. The van der Waals surface area contributed by atoms with E-state index in [1.54, 1.807) is 7.11 Å². The van der Waals surface area contributed by atoms with Crippen LogP contribution < -0.4 is 5.73 Å². The maximum absolute atomic E-state index is 6.02. The van der Waals surface area contributed by atoms with Crippen molar-refractivity contribution in [1.82, 2.24) is 9.55 Å². The summed E-state index contributed by atoms with van der Waals surface area (Å²) in [7, 11) is 1.70. The number of fused-ring (bicyclic) bond motifs is 1. The molecular formula is C13H19N3O. The van der Waals surface area contributed by atoms with E-state index < -0.39 is 0 Å². The summed E-state index contributed by atoms with van der Waals surface area (Å²) in [5.41, 5.74) is 8.99. The third-order valence-corrected chi connectivity index (χ3v) is 2.94. The zero-order valence-corrected chi connectivity index (χ0v) is 10.8. The summed E-state index contributed by atoms with van der Waals surface area (Å²) in [6.45, 7) is 6.83. The monoisotopic (exact) mass is 233 g/mol. The molecule has 0 spiro atoms. The predicted molar refractivity (Wildman–Crippen MR) is 70.1 cm³/mol. The van der Waals surface area contributed by atoms with E-state index in [2.05, 4.69) is 37.9 Å². The van der Waals surface area contributed by atoms with Gasteiger partial charge in [0.15, 0.2) is 0 Å². The fourth-order valence-electron chi connectivity index (χ4n) is 2.26. The molecule has 2 rings (SSSR count). The molecule has 0 aliphatic rings. The minimum atomic E-state index is -0.206. The third-order valence-electron chi connectivity index (χ3n) is 2.94. The molecule has 17 heavy (non-hydrogen) atoms. The number of imidazole rings is 1. The van der Waals surface area contributed by atoms with Gasteiger partial charge < -0.3 is 15.0 Å². The number of methoxy groups -OCH3 is 1. The number of ether oxygens (including phenoxy) is 1. The van der Waals surface area contributed by atoms with Crippen LogP contribution in [-0.4, -0.2) is 23.3 Å². The standard InChI is InChI=1S/C13H19N3O/c1-9-5-6-11-10(7-9)15-12(14)16(11)13(2,3)8-17-4/h5-7H,8H2,1-4H3,(H2,14,15). The Morgan fingerprint density at radius 3 is 2.76 bits per heavy atom. The number of aryl methyl sites for hydroxylation is 1. The molecule has 0 saturated carbocycles. The largest absolute Gasteiger partial charge is 0.382 e. The second-order valence-electron chi connectivity index (χ2n) is 5.04. The maximum atomic E-state index is 6.02. The van der Waals surface area contributed by atoms with Crippen molar-refractivity contribution in [2.75, 3.05) is 19.5 Å². The Labute approximate surface area is 101 Å². The Kier molecular flexibility index (Phi) is 2.83. The fraction of sp³-hybridized carbons (Fsp3) is 0.462. The first-order chi connectivity index (χ1) is 7.95. The smallest absolute Gasteiger partial charge is 0.201 e. The molecule has 1 aromatic heterocycles. The highest BCUT2D eigenvalue weighted by molar-refractivity contribution is 5.79. The molecule has 4 heteroatoms. The second kappa shape index (κ2) is 4.04. The van der Waals surface area contributed by atoms with Gasteiger partial charge >= 0.3 is 0 Å². The molecule has 0 radical (unpaired) electrons. The Hall–Kier alpha value is -1.55. The molecule has 92 valence electrons. The maximum Gasteiger partial charge on any atom is 0.201 e. The lowest BCUT2D eigenvalue weighted by atomic mass is 10.1. The van der Waals surface area contributed by atoms with Crippen molar-refractivity contribution in [1.29, 1.82) is 0 Å². The number of rotatable bonds is 3. The van der Waals surface area contributed by atoms with Gasteiger partial charge in [-0.15, -0.1) is 0 Å². The molecule has 0 bridgehead atoms. The minimum Gasteiger partial charge on any atom is -0.382 e. The van der Waals surface area contributed by atoms with Crippen molar-refractivity contribution in [3.05, 3.63) is 23.8 Å². The molecule has 0 aliphatic heterocycles. The SMILES string of the molecule is COCC(C)(C)n1c(N)nc2cc(C)ccc21. The van der Waals surface area contributed by atoms with E-state index in [1.165, 1.54) is 5.56 Å². The first kappa shape index (κ1) is 11.9. The Morgan fingerprint density at radius 2 is 2.12 bits per heavy atom. The Balaban J connectivity index is 2.64. The van der Waals surface area contributed by atoms with Crippen LogP contribution in [0, 0.1) is 6.92 Å². The summed E-state index contributed by atoms with van der Waals surface area (Å²) in [5.74, 6) is 0.535. The first-order valence-corrected chi connectivity index (χ1v) is 5.70. The molecule has 1 heterocycles. The molecule has 2 aromatic rings. The molecule has 0 atom stereocenters. The van der Waals surface area contributed by atoms with Crippen LogP contribution in [0.2, 0.25) is 0 Å². The van der Waals surface area contributed by atoms with Gasteiger partial charge in [-0.05, 0) is 38.5 Å². The predicted octanol–water partition coefficient (Wildman–Crippen LogP) is 2.31. The summed E-state index contributed by atoms with van der Waals surface area (Å²) in [5, 5.41) is 0. The van der Waals surface area contributed by atoms with E-state index in [-0.39, 0.29) is 5.54 Å². The molecular weight excluding hydrogens is 214 g/mol. The summed E-state index contributed by atoms with van der Waals surface area (Å²) >= 11 is 0. The topological polar surface area (TPSA) is 53.1 Å². The van der Waals surface area contributed by atoms with E-state index in [0.717, 1.165) is 11.0 Å². The van der Waals surface area contributed by atoms with Crippen LogP contribution >= 0.6 is 0 Å². The summed E-state index contributed by atoms with van der Waals surface area (Å²) < 4.78 is 7.29. The lowest BCUT2D eigenvalue weighted by molar-refractivity contribution is 0.113. The van der Waals surface area contributed by atoms with E-state index in [1.807, 2.05) is 10.6 Å². The second-order valence-corrected chi connectivity index (χ2v) is 5.04. The van der Waals surface area contributed by atoms with Crippen LogP contribution in [0.1, 0.15) is 19.4 Å². The van der Waals surface area contributed by atoms with Gasteiger partial charge in [-0.1, -0.05) is 6.07 Å². The zero-order valence-electron chi connectivity index (χ0n) is 10.8. The molecule has 4 nitrogen and oxygen atoms in total. The van der Waals surface area contributed by atoms with E-state index in [9.17, 15) is 0 Å². The average molecular weight is 233 g/mol. The van der Waals surface area contributed by atoms with Gasteiger partial charge in [0.05, 0.1) is 23.2 Å². The Morgan fingerprint density at radius 1 is 1.41 bits per heavy atom. The molecule has 0 fully saturated rings. The van der Waals surface area contributed by atoms with Gasteiger partial charge in [-0.2, -0.15) is 0 Å². The van der Waals surface area contributed by atoms with Crippen molar-refractivity contribution in [2.24, 2.45) is 0 Å². The number of hydrogen-bond acceptors (Lipinski definition) is 3. The number of nitrogens with two attached hydrogens (primary N) is 1. The lowest BCUT2D eigenvalue weighted by Crippen LogP contribution is -2.32. The highest BCUT2D eigenvalue weighted by atomic mass is 16.5. The number of benzene rings is 1. The van der Waals surface area contributed by atoms with Crippen LogP contribution in [0.3, 0.4) is 0 Å².